The molecular formula is C22H20ClN5O2. The minimum atomic E-state index is -0.142. The van der Waals surface area contributed by atoms with Gasteiger partial charge in [-0.25, -0.2) is 19.4 Å². The molecule has 0 radical (unpaired) electrons. The maximum absolute atomic E-state index is 12.9. The standard InChI is InChI=1S/C22H20ClN5O2/c1-12-6-5-7-19-17(12)11-30-21-13(2)8-16(14(3)24-21)18-9-15(10-20(23)25-18)28-26(4)22(29)27(19)28/h5-10H,11H2,1-4H3. The third-order valence-corrected chi connectivity index (χ3v) is 5.74. The highest BCUT2D eigenvalue weighted by molar-refractivity contribution is 6.29. The van der Waals surface area contributed by atoms with Crippen molar-refractivity contribution in [2.24, 2.45) is 7.05 Å². The van der Waals surface area contributed by atoms with E-state index in [2.05, 4.69) is 9.97 Å². The molecule has 4 bridgehead atoms. The zero-order valence-corrected chi connectivity index (χ0v) is 17.9. The van der Waals surface area contributed by atoms with Gasteiger partial charge in [-0.3, -0.25) is 0 Å². The fraction of sp³-hybridized carbons (Fsp3) is 0.227. The Labute approximate surface area is 178 Å². The lowest BCUT2D eigenvalue weighted by molar-refractivity contribution is 0.287. The minimum Gasteiger partial charge on any atom is -0.473 e. The monoisotopic (exact) mass is 421 g/mol. The van der Waals surface area contributed by atoms with Gasteiger partial charge in [0.1, 0.15) is 11.8 Å². The van der Waals surface area contributed by atoms with E-state index in [1.54, 1.807) is 27.3 Å². The number of halogens is 1. The molecule has 0 aliphatic carbocycles. The largest absolute Gasteiger partial charge is 0.473 e. The van der Waals surface area contributed by atoms with Crippen LogP contribution in [0.1, 0.15) is 22.4 Å². The Morgan fingerprint density at radius 1 is 1.07 bits per heavy atom. The molecule has 152 valence electrons. The smallest absolute Gasteiger partial charge is 0.365 e. The van der Waals surface area contributed by atoms with Crippen molar-refractivity contribution in [2.75, 3.05) is 0 Å². The molecule has 1 aromatic carbocycles. The Morgan fingerprint density at radius 3 is 2.67 bits per heavy atom. The molecule has 30 heavy (non-hydrogen) atoms. The quantitative estimate of drug-likeness (QED) is 0.404. The van der Waals surface area contributed by atoms with Crippen molar-refractivity contribution < 1.29 is 4.74 Å². The second kappa shape index (κ2) is 6.60. The summed E-state index contributed by atoms with van der Waals surface area (Å²) in [6.07, 6.45) is 0. The maximum Gasteiger partial charge on any atom is 0.365 e. The van der Waals surface area contributed by atoms with Crippen molar-refractivity contribution in [2.45, 2.75) is 27.4 Å². The zero-order chi connectivity index (χ0) is 21.2. The van der Waals surface area contributed by atoms with Gasteiger partial charge in [-0.2, -0.15) is 9.48 Å². The second-order valence-electron chi connectivity index (χ2n) is 7.55. The van der Waals surface area contributed by atoms with Gasteiger partial charge in [0.2, 0.25) is 5.88 Å². The first-order valence-corrected chi connectivity index (χ1v) is 9.98. The number of pyridine rings is 2. The molecule has 0 fully saturated rings. The molecule has 0 N–H and O–H groups in total. The summed E-state index contributed by atoms with van der Waals surface area (Å²) in [5, 5.41) is 0.340. The van der Waals surface area contributed by atoms with Gasteiger partial charge in [-0.05, 0) is 44.5 Å². The van der Waals surface area contributed by atoms with Crippen molar-refractivity contribution in [1.82, 2.24) is 24.1 Å². The average Bonchev–Trinajstić information content (AvgIpc) is 2.71. The molecule has 3 aromatic heterocycles. The van der Waals surface area contributed by atoms with Crippen LogP contribution >= 0.6 is 11.6 Å². The molecule has 0 unspecified atom stereocenters. The summed E-state index contributed by atoms with van der Waals surface area (Å²) >= 11 is 6.39. The van der Waals surface area contributed by atoms with Gasteiger partial charge < -0.3 is 4.74 Å². The molecule has 0 saturated heterocycles. The fourth-order valence-corrected chi connectivity index (χ4v) is 4.13. The number of hydrogen-bond donors (Lipinski definition) is 0. The number of aryl methyl sites for hydroxylation is 3. The van der Waals surface area contributed by atoms with Crippen LogP contribution in [0.2, 0.25) is 5.15 Å². The Morgan fingerprint density at radius 2 is 1.87 bits per heavy atom. The lowest BCUT2D eigenvalue weighted by Gasteiger charge is -2.26. The molecule has 2 aliphatic rings. The lowest BCUT2D eigenvalue weighted by atomic mass is 10.1. The summed E-state index contributed by atoms with van der Waals surface area (Å²) in [7, 11) is 1.72. The van der Waals surface area contributed by atoms with Crippen molar-refractivity contribution in [1.29, 1.82) is 0 Å². The first-order valence-electron chi connectivity index (χ1n) is 9.60. The number of hydrogen-bond acceptors (Lipinski definition) is 4. The van der Waals surface area contributed by atoms with Crippen LogP contribution in [0, 0.1) is 20.8 Å². The SMILES string of the molecule is Cc1cc2c(C)nc1OCc1c(C)cccc1-n1c(=O)n(C)n1-c1cc(Cl)nc-2c1. The molecule has 2 aliphatic heterocycles. The fourth-order valence-electron chi connectivity index (χ4n) is 3.93. The molecule has 0 atom stereocenters. The third-order valence-electron chi connectivity index (χ3n) is 5.54. The summed E-state index contributed by atoms with van der Waals surface area (Å²) in [6, 6.07) is 11.5. The van der Waals surface area contributed by atoms with Crippen LogP contribution in [0.3, 0.4) is 0 Å². The van der Waals surface area contributed by atoms with Gasteiger partial charge in [0, 0.05) is 29.8 Å². The summed E-state index contributed by atoms with van der Waals surface area (Å²) in [6.45, 7) is 6.19. The van der Waals surface area contributed by atoms with Gasteiger partial charge in [-0.1, -0.05) is 23.7 Å². The van der Waals surface area contributed by atoms with Crippen LogP contribution in [0.25, 0.3) is 22.6 Å². The van der Waals surface area contributed by atoms with Gasteiger partial charge in [0.15, 0.2) is 0 Å². The highest BCUT2D eigenvalue weighted by atomic mass is 35.5. The van der Waals surface area contributed by atoms with Crippen LogP contribution in [0.5, 0.6) is 5.88 Å². The Balaban J connectivity index is 1.89. The summed E-state index contributed by atoms with van der Waals surface area (Å²) in [4.78, 5) is 23.8. The Bertz CT molecular complexity index is 1380. The van der Waals surface area contributed by atoms with Gasteiger partial charge in [0.05, 0.1) is 22.8 Å². The number of aromatic nitrogens is 5. The Hall–Kier alpha value is -3.32. The number of rotatable bonds is 0. The number of ether oxygens (including phenoxy) is 1. The van der Waals surface area contributed by atoms with Gasteiger partial charge in [-0.15, -0.1) is 0 Å². The molecule has 0 saturated carbocycles. The van der Waals surface area contributed by atoms with Gasteiger partial charge >= 0.3 is 5.69 Å². The van der Waals surface area contributed by atoms with Crippen LogP contribution in [-0.4, -0.2) is 24.1 Å². The van der Waals surface area contributed by atoms with E-state index in [0.29, 0.717) is 23.3 Å². The average molecular weight is 422 g/mol. The molecule has 4 aromatic rings. The zero-order valence-electron chi connectivity index (χ0n) is 17.1. The highest BCUT2D eigenvalue weighted by Gasteiger charge is 2.23. The van der Waals surface area contributed by atoms with Crippen LogP contribution in [0.15, 0.2) is 41.2 Å². The summed E-state index contributed by atoms with van der Waals surface area (Å²) in [5.74, 6) is 0.566. The molecule has 7 nitrogen and oxygen atoms in total. The molecule has 6 rings (SSSR count). The van der Waals surface area contributed by atoms with E-state index < -0.39 is 0 Å². The van der Waals surface area contributed by atoms with Crippen molar-refractivity contribution in [3.8, 4) is 28.5 Å². The third kappa shape index (κ3) is 2.69. The first kappa shape index (κ1) is 18.7. The predicted octanol–water partition coefficient (Wildman–Crippen LogP) is 3.89. The molecule has 5 heterocycles. The Kier molecular flexibility index (Phi) is 4.11. The van der Waals surface area contributed by atoms with Gasteiger partial charge in [0.25, 0.3) is 0 Å². The second-order valence-corrected chi connectivity index (χ2v) is 7.93. The lowest BCUT2D eigenvalue weighted by Crippen LogP contribution is -2.48. The maximum atomic E-state index is 12.9. The molecular weight excluding hydrogens is 402 g/mol. The highest BCUT2D eigenvalue weighted by Crippen LogP contribution is 2.31. The van der Waals surface area contributed by atoms with E-state index in [9.17, 15) is 4.79 Å². The van der Waals surface area contributed by atoms with Crippen LogP contribution < -0.4 is 10.4 Å². The van der Waals surface area contributed by atoms with Crippen molar-refractivity contribution in [3.05, 3.63) is 74.4 Å². The van der Waals surface area contributed by atoms with E-state index in [4.69, 9.17) is 16.3 Å². The first-order chi connectivity index (χ1) is 14.3. The number of benzene rings is 1. The van der Waals surface area contributed by atoms with Crippen molar-refractivity contribution >= 4 is 11.6 Å². The van der Waals surface area contributed by atoms with Crippen LogP contribution in [-0.2, 0) is 13.7 Å². The summed E-state index contributed by atoms with van der Waals surface area (Å²) in [5.41, 5.74) is 6.58. The van der Waals surface area contributed by atoms with E-state index >= 15 is 0 Å². The number of nitrogens with zero attached hydrogens (tertiary/aromatic N) is 5. The topological polar surface area (TPSA) is 66.9 Å². The number of fused-ring (bicyclic) bond motifs is 3. The van der Waals surface area contributed by atoms with Crippen LogP contribution in [0.4, 0.5) is 0 Å². The van der Waals surface area contributed by atoms with E-state index in [1.807, 2.05) is 51.1 Å². The normalized spacial score (nSPS) is 12.4. The van der Waals surface area contributed by atoms with E-state index in [-0.39, 0.29) is 5.69 Å². The molecule has 8 heteroatoms. The van der Waals surface area contributed by atoms with E-state index in [0.717, 1.165) is 39.3 Å². The van der Waals surface area contributed by atoms with E-state index in [1.165, 1.54) is 0 Å². The molecule has 0 amide bonds. The summed E-state index contributed by atoms with van der Waals surface area (Å²) < 4.78 is 9.29. The van der Waals surface area contributed by atoms with Crippen molar-refractivity contribution in [3.63, 3.8) is 0 Å². The minimum absolute atomic E-state index is 0.142. The molecule has 0 spiro atoms. The predicted molar refractivity (Wildman–Crippen MR) is 115 cm³/mol.